The minimum Gasteiger partial charge on any atom is -0.261 e. The lowest BCUT2D eigenvalue weighted by atomic mass is 10.0. The molecule has 0 spiro atoms. The maximum Gasteiger partial charge on any atom is 0.0410 e. The predicted octanol–water partition coefficient (Wildman–Crippen LogP) is 3.11. The van der Waals surface area contributed by atoms with Gasteiger partial charge in [0.15, 0.2) is 0 Å². The van der Waals surface area contributed by atoms with Gasteiger partial charge in [-0.1, -0.05) is 31.2 Å². The second-order valence-corrected chi connectivity index (χ2v) is 3.26. The zero-order chi connectivity index (χ0) is 9.26. The van der Waals surface area contributed by atoms with Crippen molar-refractivity contribution < 1.29 is 0 Å². The molecule has 66 valence electrons. The second-order valence-electron chi connectivity index (χ2n) is 3.26. The van der Waals surface area contributed by atoms with E-state index in [4.69, 9.17) is 0 Å². The lowest BCUT2D eigenvalue weighted by molar-refractivity contribution is 1.07. The van der Waals surface area contributed by atoms with Crippen LogP contribution >= 0.6 is 0 Å². The van der Waals surface area contributed by atoms with Gasteiger partial charge in [-0.15, -0.1) is 0 Å². The Bertz CT molecular complexity index is 432. The van der Waals surface area contributed by atoms with Crippen molar-refractivity contribution in [3.8, 4) is 0 Å². The number of rotatable bonds is 1. The monoisotopic (exact) mass is 171 g/mol. The average molecular weight is 171 g/mol. The third kappa shape index (κ3) is 1.31. The first kappa shape index (κ1) is 8.24. The molecule has 0 radical (unpaired) electrons. The van der Waals surface area contributed by atoms with Crippen LogP contribution in [-0.4, -0.2) is 4.98 Å². The highest BCUT2D eigenvalue weighted by Crippen LogP contribution is 2.20. The predicted molar refractivity (Wildman–Crippen MR) is 55.9 cm³/mol. The molecule has 0 amide bonds. The van der Waals surface area contributed by atoms with Crippen LogP contribution in [0.25, 0.3) is 10.8 Å². The van der Waals surface area contributed by atoms with Crippen molar-refractivity contribution in [1.82, 2.24) is 4.98 Å². The normalized spacial score (nSPS) is 10.6. The fourth-order valence-electron chi connectivity index (χ4n) is 1.77. The molecule has 0 aliphatic rings. The van der Waals surface area contributed by atoms with Crippen LogP contribution in [0.15, 0.2) is 30.5 Å². The Morgan fingerprint density at radius 2 is 2.00 bits per heavy atom. The summed E-state index contributed by atoms with van der Waals surface area (Å²) in [6, 6.07) is 8.42. The van der Waals surface area contributed by atoms with E-state index >= 15 is 0 Å². The van der Waals surface area contributed by atoms with E-state index in [-0.39, 0.29) is 0 Å². The van der Waals surface area contributed by atoms with Gasteiger partial charge in [0.1, 0.15) is 0 Å². The van der Waals surface area contributed by atoms with Gasteiger partial charge in [0.05, 0.1) is 0 Å². The van der Waals surface area contributed by atoms with E-state index in [1.165, 1.54) is 16.3 Å². The third-order valence-corrected chi connectivity index (χ3v) is 2.47. The van der Waals surface area contributed by atoms with Gasteiger partial charge in [0.2, 0.25) is 0 Å². The summed E-state index contributed by atoms with van der Waals surface area (Å²) in [4.78, 5) is 4.38. The summed E-state index contributed by atoms with van der Waals surface area (Å²) >= 11 is 0. The molecule has 1 heterocycles. The number of pyridine rings is 1. The van der Waals surface area contributed by atoms with Crippen LogP contribution in [0.2, 0.25) is 0 Å². The van der Waals surface area contributed by atoms with Gasteiger partial charge in [-0.25, -0.2) is 0 Å². The smallest absolute Gasteiger partial charge is 0.0410 e. The second kappa shape index (κ2) is 3.17. The van der Waals surface area contributed by atoms with Crippen molar-refractivity contribution >= 4 is 10.8 Å². The Labute approximate surface area is 78.4 Å². The van der Waals surface area contributed by atoms with Crippen LogP contribution in [0.4, 0.5) is 0 Å². The molecule has 1 heteroatoms. The van der Waals surface area contributed by atoms with Crippen LogP contribution in [0.5, 0.6) is 0 Å². The minimum absolute atomic E-state index is 1.06. The van der Waals surface area contributed by atoms with Crippen molar-refractivity contribution in [2.24, 2.45) is 0 Å². The number of fused-ring (bicyclic) bond motifs is 1. The largest absolute Gasteiger partial charge is 0.261 e. The van der Waals surface area contributed by atoms with E-state index in [0.29, 0.717) is 0 Å². The first-order valence-electron chi connectivity index (χ1n) is 4.66. The van der Waals surface area contributed by atoms with Crippen LogP contribution in [0, 0.1) is 6.92 Å². The molecule has 1 aromatic heterocycles. The molecule has 0 atom stereocenters. The zero-order valence-corrected chi connectivity index (χ0v) is 8.04. The fraction of sp³-hybridized carbons (Fsp3) is 0.250. The Balaban J connectivity index is 2.84. The molecule has 1 nitrogen and oxygen atoms in total. The molecule has 2 aromatic rings. The first-order chi connectivity index (χ1) is 6.33. The van der Waals surface area contributed by atoms with Crippen LogP contribution in [0.3, 0.4) is 0 Å². The Kier molecular flexibility index (Phi) is 2.01. The molecular weight excluding hydrogens is 158 g/mol. The van der Waals surface area contributed by atoms with Gasteiger partial charge >= 0.3 is 0 Å². The maximum absolute atomic E-state index is 4.38. The molecule has 1 aromatic carbocycles. The SMILES string of the molecule is CCc1c(C)ncc2ccccc12. The van der Waals surface area contributed by atoms with Crippen molar-refractivity contribution in [2.45, 2.75) is 20.3 Å². The van der Waals surface area contributed by atoms with Crippen LogP contribution in [-0.2, 0) is 6.42 Å². The molecule has 0 aliphatic carbocycles. The number of benzene rings is 1. The van der Waals surface area contributed by atoms with E-state index in [1.807, 2.05) is 6.20 Å². The van der Waals surface area contributed by atoms with Crippen molar-refractivity contribution in [3.63, 3.8) is 0 Å². The minimum atomic E-state index is 1.06. The fourth-order valence-corrected chi connectivity index (χ4v) is 1.77. The number of aryl methyl sites for hydroxylation is 2. The summed E-state index contributed by atoms with van der Waals surface area (Å²) in [5.74, 6) is 0. The molecular formula is C12H13N. The van der Waals surface area contributed by atoms with Gasteiger partial charge in [-0.3, -0.25) is 4.98 Å². The highest BCUT2D eigenvalue weighted by Gasteiger charge is 2.02. The number of aromatic nitrogens is 1. The highest BCUT2D eigenvalue weighted by atomic mass is 14.7. The van der Waals surface area contributed by atoms with Crippen LogP contribution < -0.4 is 0 Å². The summed E-state index contributed by atoms with van der Waals surface area (Å²) < 4.78 is 0. The molecule has 0 saturated heterocycles. The van der Waals surface area contributed by atoms with Gasteiger partial charge < -0.3 is 0 Å². The first-order valence-corrected chi connectivity index (χ1v) is 4.66. The summed E-state index contributed by atoms with van der Waals surface area (Å²) in [7, 11) is 0. The molecule has 0 unspecified atom stereocenters. The summed E-state index contributed by atoms with van der Waals surface area (Å²) in [5.41, 5.74) is 2.53. The quantitative estimate of drug-likeness (QED) is 0.642. The Hall–Kier alpha value is -1.37. The summed E-state index contributed by atoms with van der Waals surface area (Å²) in [6.07, 6.45) is 3.00. The van der Waals surface area contributed by atoms with E-state index in [9.17, 15) is 0 Å². The topological polar surface area (TPSA) is 12.9 Å². The third-order valence-electron chi connectivity index (χ3n) is 2.47. The van der Waals surface area contributed by atoms with E-state index in [2.05, 4.69) is 43.1 Å². The number of hydrogen-bond donors (Lipinski definition) is 0. The highest BCUT2D eigenvalue weighted by molar-refractivity contribution is 5.85. The lowest BCUT2D eigenvalue weighted by Crippen LogP contribution is -1.91. The van der Waals surface area contributed by atoms with Crippen LogP contribution in [0.1, 0.15) is 18.2 Å². The maximum atomic E-state index is 4.38. The number of nitrogens with zero attached hydrogens (tertiary/aromatic N) is 1. The van der Waals surface area contributed by atoms with Gasteiger partial charge in [0, 0.05) is 17.3 Å². The standard InChI is InChI=1S/C12H13N/c1-3-11-9(2)13-8-10-6-4-5-7-12(10)11/h4-8H,3H2,1-2H3. The van der Waals surface area contributed by atoms with Gasteiger partial charge in [-0.2, -0.15) is 0 Å². The van der Waals surface area contributed by atoms with Gasteiger partial charge in [0.25, 0.3) is 0 Å². The van der Waals surface area contributed by atoms with Crippen molar-refractivity contribution in [1.29, 1.82) is 0 Å². The molecule has 0 aliphatic heterocycles. The zero-order valence-electron chi connectivity index (χ0n) is 8.04. The summed E-state index contributed by atoms with van der Waals surface area (Å²) in [5, 5.41) is 2.59. The molecule has 0 saturated carbocycles. The Morgan fingerprint density at radius 3 is 2.77 bits per heavy atom. The van der Waals surface area contributed by atoms with E-state index < -0.39 is 0 Å². The van der Waals surface area contributed by atoms with Crippen molar-refractivity contribution in [2.75, 3.05) is 0 Å². The van der Waals surface area contributed by atoms with E-state index in [1.54, 1.807) is 0 Å². The Morgan fingerprint density at radius 1 is 1.23 bits per heavy atom. The summed E-state index contributed by atoms with van der Waals surface area (Å²) in [6.45, 7) is 4.25. The molecule has 2 rings (SSSR count). The molecule has 0 bridgehead atoms. The van der Waals surface area contributed by atoms with Crippen molar-refractivity contribution in [3.05, 3.63) is 41.7 Å². The lowest BCUT2D eigenvalue weighted by Gasteiger charge is -2.06. The number of hydrogen-bond acceptors (Lipinski definition) is 1. The molecule has 0 fully saturated rings. The van der Waals surface area contributed by atoms with Gasteiger partial charge in [-0.05, 0) is 24.3 Å². The molecule has 13 heavy (non-hydrogen) atoms. The molecule has 0 N–H and O–H groups in total. The average Bonchev–Trinajstić information content (AvgIpc) is 2.18. The van der Waals surface area contributed by atoms with E-state index in [0.717, 1.165) is 12.1 Å².